The van der Waals surface area contributed by atoms with Gasteiger partial charge in [-0.1, -0.05) is 30.2 Å². The van der Waals surface area contributed by atoms with Crippen LogP contribution in [-0.4, -0.2) is 38.7 Å². The standard InChI is InChI=1S/C23H28N2O2.C17H16ClNO2/c1-16-10-19(14-24(2)23(16)27)18-11-17-6-7-21(26)13-22(17)20(12-18)15-25-8-4-3-5-9-25;1-10-5-13(9-19(2)17(10)21)12-6-11-3-4-14(20)8-15(11)16(18)7-12/h10-12,14H,3-9,13,15H2,1-2H3;5-7,9H,3-4,8H2,1-2H3. The van der Waals surface area contributed by atoms with Gasteiger partial charge in [-0.25, -0.2) is 0 Å². The number of piperidine rings is 1. The van der Waals surface area contributed by atoms with E-state index >= 15 is 0 Å². The Kier molecular flexibility index (Phi) is 10.00. The first-order valence-electron chi connectivity index (χ1n) is 17.0. The maximum absolute atomic E-state index is 12.1. The third-order valence-electron chi connectivity index (χ3n) is 10.1. The van der Waals surface area contributed by atoms with Gasteiger partial charge in [0.2, 0.25) is 0 Å². The number of likely N-dealkylation sites (tertiary alicyclic amines) is 1. The van der Waals surface area contributed by atoms with Crippen molar-refractivity contribution >= 4 is 23.2 Å². The molecule has 8 heteroatoms. The van der Waals surface area contributed by atoms with Gasteiger partial charge in [0, 0.05) is 74.9 Å². The molecule has 1 aliphatic heterocycles. The van der Waals surface area contributed by atoms with Gasteiger partial charge in [-0.15, -0.1) is 0 Å². The lowest BCUT2D eigenvalue weighted by Crippen LogP contribution is -2.30. The molecule has 3 heterocycles. The summed E-state index contributed by atoms with van der Waals surface area (Å²) in [5, 5.41) is 0.641. The minimum Gasteiger partial charge on any atom is -0.318 e. The summed E-state index contributed by atoms with van der Waals surface area (Å²) in [6.07, 6.45) is 11.4. The normalized spacial score (nSPS) is 16.2. The highest BCUT2D eigenvalue weighted by molar-refractivity contribution is 6.32. The number of nitrogens with zero attached hydrogens (tertiary/aromatic N) is 3. The van der Waals surface area contributed by atoms with Crippen LogP contribution in [0, 0.1) is 13.8 Å². The SMILES string of the molecule is Cc1cc(-c2cc(Cl)c3c(c2)CCC(=O)C3)cn(C)c1=O.Cc1cc(-c2cc3c(c(CN4CCCCC4)c2)CC(=O)CC3)cn(C)c1=O. The molecule has 2 aliphatic carbocycles. The molecule has 3 aliphatic rings. The fourth-order valence-electron chi connectivity index (χ4n) is 7.39. The second kappa shape index (κ2) is 14.2. The lowest BCUT2D eigenvalue weighted by atomic mass is 9.84. The van der Waals surface area contributed by atoms with E-state index in [0.29, 0.717) is 42.1 Å². The Hall–Kier alpha value is -4.07. The minimum absolute atomic E-state index is 0.00778. The van der Waals surface area contributed by atoms with Gasteiger partial charge in [-0.2, -0.15) is 0 Å². The first-order valence-corrected chi connectivity index (χ1v) is 17.4. The van der Waals surface area contributed by atoms with E-state index in [-0.39, 0.29) is 16.9 Å². The van der Waals surface area contributed by atoms with E-state index in [1.54, 1.807) is 16.2 Å². The second-order valence-electron chi connectivity index (χ2n) is 13.8. The zero-order valence-corrected chi connectivity index (χ0v) is 29.2. The van der Waals surface area contributed by atoms with Crippen molar-refractivity contribution in [3.63, 3.8) is 0 Å². The third kappa shape index (κ3) is 7.32. The molecule has 1 fully saturated rings. The number of aryl methyl sites for hydroxylation is 6. The Morgan fingerprint density at radius 2 is 1.10 bits per heavy atom. The van der Waals surface area contributed by atoms with Gasteiger partial charge < -0.3 is 9.13 Å². The number of carbonyl (C=O) groups excluding carboxylic acids is 2. The number of ketones is 2. The Morgan fingerprint density at radius 3 is 1.65 bits per heavy atom. The van der Waals surface area contributed by atoms with E-state index in [1.165, 1.54) is 36.0 Å². The van der Waals surface area contributed by atoms with Crippen molar-refractivity contribution in [1.29, 1.82) is 0 Å². The zero-order chi connectivity index (χ0) is 34.1. The summed E-state index contributed by atoms with van der Waals surface area (Å²) < 4.78 is 3.25. The van der Waals surface area contributed by atoms with Gasteiger partial charge in [-0.05, 0) is 127 Å². The lowest BCUT2D eigenvalue weighted by Gasteiger charge is -2.29. The maximum atomic E-state index is 12.1. The minimum atomic E-state index is 0.00778. The van der Waals surface area contributed by atoms with E-state index in [9.17, 15) is 19.2 Å². The summed E-state index contributed by atoms with van der Waals surface area (Å²) >= 11 is 6.35. The Morgan fingerprint density at radius 1 is 0.604 bits per heavy atom. The zero-order valence-electron chi connectivity index (χ0n) is 28.5. The molecule has 48 heavy (non-hydrogen) atoms. The Bertz CT molecular complexity index is 1980. The highest BCUT2D eigenvalue weighted by atomic mass is 35.5. The van der Waals surface area contributed by atoms with Crippen LogP contribution in [0.4, 0.5) is 0 Å². The lowest BCUT2D eigenvalue weighted by molar-refractivity contribution is -0.119. The Balaban J connectivity index is 0.000000173. The molecule has 7 rings (SSSR count). The van der Waals surface area contributed by atoms with Gasteiger partial charge in [-0.3, -0.25) is 24.1 Å². The molecule has 2 aromatic heterocycles. The van der Waals surface area contributed by atoms with Crippen LogP contribution < -0.4 is 11.1 Å². The van der Waals surface area contributed by atoms with Crippen molar-refractivity contribution < 1.29 is 9.59 Å². The van der Waals surface area contributed by atoms with Crippen LogP contribution in [0.1, 0.15) is 71.0 Å². The topological polar surface area (TPSA) is 81.4 Å². The fraction of sp³-hybridized carbons (Fsp3) is 0.400. The van der Waals surface area contributed by atoms with Crippen molar-refractivity contribution in [1.82, 2.24) is 14.0 Å². The fourth-order valence-corrected chi connectivity index (χ4v) is 7.69. The van der Waals surface area contributed by atoms with E-state index in [4.69, 9.17) is 11.6 Å². The van der Waals surface area contributed by atoms with Crippen LogP contribution in [0.2, 0.25) is 5.02 Å². The number of carbonyl (C=O) groups is 2. The predicted molar refractivity (Wildman–Crippen MR) is 192 cm³/mol. The average molecular weight is 666 g/mol. The monoisotopic (exact) mass is 665 g/mol. The quantitative estimate of drug-likeness (QED) is 0.249. The van der Waals surface area contributed by atoms with Crippen molar-refractivity contribution in [3.05, 3.63) is 113 Å². The van der Waals surface area contributed by atoms with Crippen molar-refractivity contribution in [2.45, 2.75) is 78.2 Å². The molecule has 4 aromatic rings. The molecule has 7 nitrogen and oxygen atoms in total. The highest BCUT2D eigenvalue weighted by Crippen LogP contribution is 2.33. The molecule has 0 atom stereocenters. The summed E-state index contributed by atoms with van der Waals surface area (Å²) in [5.74, 6) is 0.600. The smallest absolute Gasteiger partial charge is 0.253 e. The molecule has 1 saturated heterocycles. The molecule has 0 spiro atoms. The van der Waals surface area contributed by atoms with Crippen LogP contribution in [0.25, 0.3) is 22.3 Å². The number of hydrogen-bond acceptors (Lipinski definition) is 5. The van der Waals surface area contributed by atoms with Gasteiger partial charge in [0.1, 0.15) is 11.6 Å². The number of aromatic nitrogens is 2. The number of benzene rings is 2. The number of Topliss-reactive ketones (excluding diaryl/α,β-unsaturated/α-hetero) is 2. The second-order valence-corrected chi connectivity index (χ2v) is 14.2. The molecule has 0 radical (unpaired) electrons. The van der Waals surface area contributed by atoms with Crippen molar-refractivity contribution in [2.75, 3.05) is 13.1 Å². The molecule has 0 unspecified atom stereocenters. The summed E-state index contributed by atoms with van der Waals surface area (Å²) in [7, 11) is 3.56. The van der Waals surface area contributed by atoms with Gasteiger partial charge >= 0.3 is 0 Å². The first-order chi connectivity index (χ1) is 23.0. The molecule has 250 valence electrons. The van der Waals surface area contributed by atoms with Gasteiger partial charge in [0.15, 0.2) is 0 Å². The molecule has 0 bridgehead atoms. The molecular formula is C40H44ClN3O4. The molecule has 2 aromatic carbocycles. The van der Waals surface area contributed by atoms with E-state index in [0.717, 1.165) is 71.4 Å². The van der Waals surface area contributed by atoms with E-state index < -0.39 is 0 Å². The number of hydrogen-bond donors (Lipinski definition) is 0. The van der Waals surface area contributed by atoms with Crippen LogP contribution in [-0.2, 0) is 55.9 Å². The average Bonchev–Trinajstić information content (AvgIpc) is 3.06. The number of fused-ring (bicyclic) bond motifs is 2. The summed E-state index contributed by atoms with van der Waals surface area (Å²) in [4.78, 5) is 50.0. The van der Waals surface area contributed by atoms with Crippen molar-refractivity contribution in [3.8, 4) is 22.3 Å². The van der Waals surface area contributed by atoms with Crippen LogP contribution >= 0.6 is 11.6 Å². The highest BCUT2D eigenvalue weighted by Gasteiger charge is 2.23. The largest absolute Gasteiger partial charge is 0.318 e. The number of pyridine rings is 2. The predicted octanol–water partition coefficient (Wildman–Crippen LogP) is 6.48. The maximum Gasteiger partial charge on any atom is 0.253 e. The first kappa shape index (κ1) is 33.8. The van der Waals surface area contributed by atoms with Crippen LogP contribution in [0.15, 0.2) is 58.4 Å². The molecule has 0 saturated carbocycles. The molecule has 0 N–H and O–H groups in total. The van der Waals surface area contributed by atoms with Gasteiger partial charge in [0.05, 0.1) is 0 Å². The number of rotatable bonds is 4. The van der Waals surface area contributed by atoms with E-state index in [1.807, 2.05) is 51.5 Å². The van der Waals surface area contributed by atoms with E-state index in [2.05, 4.69) is 23.1 Å². The summed E-state index contributed by atoms with van der Waals surface area (Å²) in [6, 6.07) is 12.3. The molecule has 0 amide bonds. The summed E-state index contributed by atoms with van der Waals surface area (Å²) in [6.45, 7) is 6.90. The van der Waals surface area contributed by atoms with Crippen molar-refractivity contribution in [2.24, 2.45) is 14.1 Å². The van der Waals surface area contributed by atoms with Gasteiger partial charge in [0.25, 0.3) is 11.1 Å². The number of halogens is 1. The van der Waals surface area contributed by atoms with Crippen LogP contribution in [0.3, 0.4) is 0 Å². The third-order valence-corrected chi connectivity index (χ3v) is 10.4. The molecular weight excluding hydrogens is 622 g/mol. The Labute approximate surface area is 287 Å². The van der Waals surface area contributed by atoms with Crippen LogP contribution in [0.5, 0.6) is 0 Å². The summed E-state index contributed by atoms with van der Waals surface area (Å²) in [5.41, 5.74) is 11.7.